The lowest BCUT2D eigenvalue weighted by Crippen LogP contribution is -3.59. The minimum Gasteiger partial charge on any atom is -0.0619 e. The molecule has 0 bridgehead atoms. The number of rotatable bonds is 3. The van der Waals surface area contributed by atoms with E-state index < -0.39 is 0 Å². The van der Waals surface area contributed by atoms with E-state index in [1.54, 1.807) is 0 Å². The van der Waals surface area contributed by atoms with Crippen LogP contribution in [-0.4, -0.2) is 0 Å². The highest BCUT2D eigenvalue weighted by Gasteiger charge is 2.07. The van der Waals surface area contributed by atoms with Gasteiger partial charge in [-0.15, -0.1) is 0 Å². The zero-order chi connectivity index (χ0) is 20.4. The number of halogens is 2. The van der Waals surface area contributed by atoms with Gasteiger partial charge >= 0.3 is 42.4 Å². The van der Waals surface area contributed by atoms with Crippen LogP contribution in [0.25, 0.3) is 11.1 Å². The van der Waals surface area contributed by atoms with E-state index in [-0.39, 0.29) is 42.4 Å². The molecule has 0 radical (unpaired) electrons. The van der Waals surface area contributed by atoms with Gasteiger partial charge in [-0.2, -0.15) is 0 Å². The maximum Gasteiger partial charge on any atom is 0.420 e. The van der Waals surface area contributed by atoms with Crippen LogP contribution >= 0.6 is 0 Å². The van der Waals surface area contributed by atoms with E-state index >= 15 is 0 Å². The van der Waals surface area contributed by atoms with Gasteiger partial charge in [0.1, 0.15) is 0 Å². The van der Waals surface area contributed by atoms with Crippen molar-refractivity contribution in [1.29, 1.82) is 0 Å². The van der Waals surface area contributed by atoms with Crippen LogP contribution in [0.5, 0.6) is 0 Å². The van der Waals surface area contributed by atoms with Crippen molar-refractivity contribution in [3.63, 3.8) is 0 Å². The number of hydrogen-bond acceptors (Lipinski definition) is 0. The van der Waals surface area contributed by atoms with E-state index in [0.717, 1.165) is 11.1 Å². The standard InChI is InChI=1S/C28H18I2/c1-3-7-27(8-4-1)29-21-19-23-11-15-25(16-12-23)26-17-13-24(14-18-26)20-22-30-28-9-5-2-6-10-28/h1-18H/q+2. The Labute approximate surface area is 199 Å². The van der Waals surface area contributed by atoms with Crippen molar-refractivity contribution in [2.24, 2.45) is 0 Å². The van der Waals surface area contributed by atoms with Gasteiger partial charge in [-0.25, -0.2) is 0 Å². The lowest BCUT2D eigenvalue weighted by atomic mass is 10.0. The van der Waals surface area contributed by atoms with Crippen LogP contribution in [-0.2, 0) is 0 Å². The molecule has 0 aromatic heterocycles. The maximum atomic E-state index is 3.36. The lowest BCUT2D eigenvalue weighted by molar-refractivity contribution is -0.535. The molecule has 4 rings (SSSR count). The summed E-state index contributed by atoms with van der Waals surface area (Å²) in [7, 11) is 0. The normalized spacial score (nSPS) is 9.73. The Hall–Kier alpha value is -2.54. The second-order valence-electron chi connectivity index (χ2n) is 6.37. The molecular weight excluding hydrogens is 590 g/mol. The van der Waals surface area contributed by atoms with Gasteiger partial charge in [0, 0.05) is 11.1 Å². The van der Waals surface area contributed by atoms with Crippen LogP contribution in [0.3, 0.4) is 0 Å². The van der Waals surface area contributed by atoms with Crippen LogP contribution in [0.2, 0.25) is 0 Å². The average Bonchev–Trinajstić information content (AvgIpc) is 2.82. The maximum absolute atomic E-state index is 3.36. The molecule has 0 nitrogen and oxygen atoms in total. The molecule has 0 atom stereocenters. The molecule has 2 heteroatoms. The third-order valence-electron chi connectivity index (χ3n) is 4.27. The van der Waals surface area contributed by atoms with Crippen LogP contribution in [0.4, 0.5) is 0 Å². The second-order valence-corrected chi connectivity index (χ2v) is 11.0. The monoisotopic (exact) mass is 608 g/mol. The molecule has 4 aromatic carbocycles. The van der Waals surface area contributed by atoms with Gasteiger partial charge in [0.05, 0.1) is 0 Å². The molecule has 0 aliphatic rings. The van der Waals surface area contributed by atoms with Crippen LogP contribution in [0, 0.1) is 26.8 Å². The molecular formula is C28H18I2+2. The Morgan fingerprint density at radius 2 is 0.767 bits per heavy atom. The number of benzene rings is 4. The van der Waals surface area contributed by atoms with Crippen molar-refractivity contribution >= 4 is 0 Å². The Morgan fingerprint density at radius 1 is 0.400 bits per heavy atom. The van der Waals surface area contributed by atoms with Gasteiger partial charge in [-0.05, 0) is 71.5 Å². The molecule has 0 fully saturated rings. The van der Waals surface area contributed by atoms with Gasteiger partial charge in [0.2, 0.25) is 7.14 Å². The predicted octanol–water partition coefficient (Wildman–Crippen LogP) is -0.111. The molecule has 4 aromatic rings. The highest BCUT2D eigenvalue weighted by molar-refractivity contribution is 5.65. The lowest BCUT2D eigenvalue weighted by Gasteiger charge is -2.01. The van der Waals surface area contributed by atoms with Crippen LogP contribution in [0.15, 0.2) is 109 Å². The molecule has 0 amide bonds. The molecule has 0 aliphatic heterocycles. The predicted molar refractivity (Wildman–Crippen MR) is 116 cm³/mol. The first kappa shape index (κ1) is 20.7. The van der Waals surface area contributed by atoms with E-state index in [4.69, 9.17) is 0 Å². The van der Waals surface area contributed by atoms with Crippen molar-refractivity contribution in [2.75, 3.05) is 0 Å². The van der Waals surface area contributed by atoms with E-state index in [9.17, 15) is 0 Å². The molecule has 0 saturated heterocycles. The smallest absolute Gasteiger partial charge is 0.0619 e. The van der Waals surface area contributed by atoms with Crippen molar-refractivity contribution in [1.82, 2.24) is 0 Å². The minimum atomic E-state index is -0.248. The quantitative estimate of drug-likeness (QED) is 0.225. The third kappa shape index (κ3) is 6.23. The van der Waals surface area contributed by atoms with E-state index in [2.05, 4.69) is 117 Å². The van der Waals surface area contributed by atoms with Gasteiger partial charge in [-0.3, -0.25) is 0 Å². The average molecular weight is 608 g/mol. The topological polar surface area (TPSA) is 0 Å². The first-order valence-electron chi connectivity index (χ1n) is 9.47. The highest BCUT2D eigenvalue weighted by atomic mass is 127. The minimum absolute atomic E-state index is 0.248. The van der Waals surface area contributed by atoms with Crippen LogP contribution < -0.4 is 42.4 Å². The van der Waals surface area contributed by atoms with Crippen molar-refractivity contribution in [2.45, 2.75) is 0 Å². The summed E-state index contributed by atoms with van der Waals surface area (Å²) in [6.07, 6.45) is 0. The summed E-state index contributed by atoms with van der Waals surface area (Å²) in [4.78, 5) is 0. The van der Waals surface area contributed by atoms with E-state index in [1.807, 2.05) is 12.1 Å². The van der Waals surface area contributed by atoms with Crippen molar-refractivity contribution < 1.29 is 42.4 Å². The van der Waals surface area contributed by atoms with Gasteiger partial charge in [0.15, 0.2) is 7.85 Å². The van der Waals surface area contributed by atoms with Gasteiger partial charge < -0.3 is 0 Å². The fourth-order valence-corrected chi connectivity index (χ4v) is 5.78. The largest absolute Gasteiger partial charge is 0.420 e. The summed E-state index contributed by atoms with van der Waals surface area (Å²) in [5.74, 6) is 6.60. The Bertz CT molecular complexity index is 1100. The fourth-order valence-electron chi connectivity index (χ4n) is 2.71. The molecule has 0 N–H and O–H groups in total. The first-order valence-corrected chi connectivity index (χ1v) is 13.8. The Kier molecular flexibility index (Phi) is 7.61. The summed E-state index contributed by atoms with van der Waals surface area (Å²) in [5.41, 5.74) is 4.55. The van der Waals surface area contributed by atoms with Crippen LogP contribution in [0.1, 0.15) is 11.1 Å². The summed E-state index contributed by atoms with van der Waals surface area (Å²) in [5, 5.41) is 0. The molecule has 0 spiro atoms. The zero-order valence-corrected chi connectivity index (χ0v) is 20.5. The first-order chi connectivity index (χ1) is 14.9. The summed E-state index contributed by atoms with van der Waals surface area (Å²) < 4.78 is 9.44. The molecule has 0 saturated carbocycles. The zero-order valence-electron chi connectivity index (χ0n) is 16.1. The molecule has 0 heterocycles. The molecule has 0 aliphatic carbocycles. The number of hydrogen-bond donors (Lipinski definition) is 0. The van der Waals surface area contributed by atoms with E-state index in [0.29, 0.717) is 0 Å². The molecule has 30 heavy (non-hydrogen) atoms. The van der Waals surface area contributed by atoms with Crippen molar-refractivity contribution in [3.8, 4) is 30.8 Å². The van der Waals surface area contributed by atoms with Gasteiger partial charge in [0.25, 0.3) is 0 Å². The fraction of sp³-hybridized carbons (Fsp3) is 0. The molecule has 0 unspecified atom stereocenters. The Morgan fingerprint density at radius 3 is 1.13 bits per heavy atom. The highest BCUT2D eigenvalue weighted by Crippen LogP contribution is 2.20. The summed E-state index contributed by atoms with van der Waals surface area (Å²) >= 11 is -0.496. The molecule has 142 valence electrons. The summed E-state index contributed by atoms with van der Waals surface area (Å²) in [6.45, 7) is 0. The SMILES string of the molecule is C(#Cc1ccc(-c2ccc(C#C[I+]c3ccccc3)cc2)cc1)[I+]c1ccccc1. The Balaban J connectivity index is 1.38. The van der Waals surface area contributed by atoms with Crippen molar-refractivity contribution in [3.05, 3.63) is 127 Å². The van der Waals surface area contributed by atoms with Gasteiger partial charge in [-0.1, -0.05) is 60.7 Å². The summed E-state index contributed by atoms with van der Waals surface area (Å²) in [6, 6.07) is 38.0. The van der Waals surface area contributed by atoms with E-state index in [1.165, 1.54) is 18.3 Å². The third-order valence-corrected chi connectivity index (χ3v) is 8.03. The second kappa shape index (κ2) is 11.0.